The fourth-order valence-corrected chi connectivity index (χ4v) is 1.42. The predicted octanol–water partition coefficient (Wildman–Crippen LogP) is 4.20. The fraction of sp³-hybridized carbons (Fsp3) is 0.400. The first-order valence-corrected chi connectivity index (χ1v) is 4.97. The molecule has 1 rings (SSSR count). The molecule has 0 amide bonds. The van der Waals surface area contributed by atoms with Crippen molar-refractivity contribution in [3.8, 4) is 5.75 Å². The Kier molecular flexibility index (Phi) is 4.01. The molecule has 0 aliphatic rings. The van der Waals surface area contributed by atoms with Crippen LogP contribution in [0, 0.1) is 0 Å². The quantitative estimate of drug-likeness (QED) is 0.486. The molecule has 0 fully saturated rings. The van der Waals surface area contributed by atoms with Gasteiger partial charge in [-0.2, -0.15) is 35.1 Å². The summed E-state index contributed by atoms with van der Waals surface area (Å²) in [6.07, 6.45) is -16.2. The number of benzene rings is 1. The van der Waals surface area contributed by atoms with Crippen molar-refractivity contribution >= 4 is 5.69 Å². The van der Waals surface area contributed by atoms with Crippen molar-refractivity contribution in [2.75, 3.05) is 5.73 Å². The number of alkyl halides is 9. The summed E-state index contributed by atoms with van der Waals surface area (Å²) in [5, 5.41) is 8.98. The summed E-state index contributed by atoms with van der Waals surface area (Å²) in [5.74, 6) is -7.29. The van der Waals surface area contributed by atoms with Crippen LogP contribution < -0.4 is 5.73 Å². The van der Waals surface area contributed by atoms with Gasteiger partial charge in [0.1, 0.15) is 5.75 Å². The van der Waals surface area contributed by atoms with Gasteiger partial charge in [-0.05, 0) is 12.1 Å². The summed E-state index contributed by atoms with van der Waals surface area (Å²) < 4.78 is 113. The lowest BCUT2D eigenvalue weighted by atomic mass is 9.97. The van der Waals surface area contributed by atoms with Crippen LogP contribution in [-0.2, 0) is 6.18 Å². The van der Waals surface area contributed by atoms with E-state index in [1.165, 1.54) is 0 Å². The largest absolute Gasteiger partial charge is 0.506 e. The van der Waals surface area contributed by atoms with Gasteiger partial charge in [-0.15, -0.1) is 0 Å². The van der Waals surface area contributed by atoms with E-state index in [1.54, 1.807) is 0 Å². The Hall–Kier alpha value is -1.81. The molecule has 0 radical (unpaired) electrons. The minimum absolute atomic E-state index is 0.109. The zero-order valence-electron chi connectivity index (χ0n) is 9.66. The number of hydrogen-bond acceptors (Lipinski definition) is 2. The van der Waals surface area contributed by atoms with Crippen LogP contribution in [0.1, 0.15) is 17.3 Å². The van der Waals surface area contributed by atoms with Gasteiger partial charge in [-0.3, -0.25) is 0 Å². The lowest BCUT2D eigenvalue weighted by molar-refractivity contribution is -0.305. The maximum atomic E-state index is 13.4. The fourth-order valence-electron chi connectivity index (χ4n) is 1.42. The average molecular weight is 327 g/mol. The van der Waals surface area contributed by atoms with Crippen molar-refractivity contribution in [2.24, 2.45) is 0 Å². The first-order valence-electron chi connectivity index (χ1n) is 4.97. The van der Waals surface area contributed by atoms with E-state index in [0.29, 0.717) is 0 Å². The van der Waals surface area contributed by atoms with Crippen LogP contribution in [0.15, 0.2) is 12.1 Å². The van der Waals surface area contributed by atoms with Crippen LogP contribution >= 0.6 is 0 Å². The Morgan fingerprint density at radius 1 is 0.952 bits per heavy atom. The van der Waals surface area contributed by atoms with E-state index in [-0.39, 0.29) is 12.1 Å². The molecular formula is C10H6F9NO. The minimum atomic E-state index is -6.40. The Morgan fingerprint density at radius 3 is 1.81 bits per heavy atom. The third kappa shape index (κ3) is 3.10. The molecule has 0 bridgehead atoms. The molecule has 1 atom stereocenters. The van der Waals surface area contributed by atoms with E-state index in [9.17, 15) is 39.5 Å². The van der Waals surface area contributed by atoms with E-state index in [2.05, 4.69) is 0 Å². The van der Waals surface area contributed by atoms with Crippen molar-refractivity contribution in [1.29, 1.82) is 0 Å². The van der Waals surface area contributed by atoms with E-state index < -0.39 is 47.0 Å². The highest BCUT2D eigenvalue weighted by atomic mass is 19.4. The molecule has 2 nitrogen and oxygen atoms in total. The molecule has 0 spiro atoms. The summed E-state index contributed by atoms with van der Waals surface area (Å²) in [6, 6.07) is -0.327. The van der Waals surface area contributed by atoms with Gasteiger partial charge in [0.25, 0.3) is 0 Å². The van der Waals surface area contributed by atoms with Crippen LogP contribution in [0.4, 0.5) is 45.2 Å². The molecule has 1 aromatic carbocycles. The van der Waals surface area contributed by atoms with Gasteiger partial charge >= 0.3 is 18.3 Å². The van der Waals surface area contributed by atoms with E-state index in [4.69, 9.17) is 10.8 Å². The summed E-state index contributed by atoms with van der Waals surface area (Å²) in [7, 11) is 0. The Balaban J connectivity index is 3.53. The minimum Gasteiger partial charge on any atom is -0.506 e. The third-order valence-corrected chi connectivity index (χ3v) is 2.47. The topological polar surface area (TPSA) is 46.2 Å². The second-order valence-electron chi connectivity index (χ2n) is 3.98. The lowest BCUT2D eigenvalue weighted by Crippen LogP contribution is -2.41. The molecule has 1 aromatic rings. The number of phenols is 1. The van der Waals surface area contributed by atoms with Gasteiger partial charge in [0, 0.05) is 5.56 Å². The first-order chi connectivity index (χ1) is 9.19. The highest BCUT2D eigenvalue weighted by Crippen LogP contribution is 2.50. The molecule has 0 aromatic heterocycles. The first kappa shape index (κ1) is 17.2. The number of aromatic hydroxyl groups is 1. The van der Waals surface area contributed by atoms with Gasteiger partial charge in [0.15, 0.2) is 6.17 Å². The molecule has 3 N–H and O–H groups in total. The number of nitrogens with two attached hydrogens (primary N) is 1. The number of phenolic OH excluding ortho intramolecular Hbond substituents is 1. The summed E-state index contributed by atoms with van der Waals surface area (Å²) in [6.45, 7) is 0. The van der Waals surface area contributed by atoms with Crippen LogP contribution in [0.2, 0.25) is 0 Å². The lowest BCUT2D eigenvalue weighted by Gasteiger charge is -2.25. The third-order valence-electron chi connectivity index (χ3n) is 2.47. The van der Waals surface area contributed by atoms with Gasteiger partial charge in [-0.25, -0.2) is 4.39 Å². The maximum absolute atomic E-state index is 13.4. The molecule has 11 heteroatoms. The molecule has 0 aliphatic carbocycles. The van der Waals surface area contributed by atoms with Crippen molar-refractivity contribution in [3.63, 3.8) is 0 Å². The maximum Gasteiger partial charge on any atom is 0.456 e. The van der Waals surface area contributed by atoms with E-state index in [0.717, 1.165) is 0 Å². The Morgan fingerprint density at radius 2 is 1.43 bits per heavy atom. The number of rotatable bonds is 2. The predicted molar refractivity (Wildman–Crippen MR) is 52.4 cm³/mol. The van der Waals surface area contributed by atoms with Gasteiger partial charge in [-0.1, -0.05) is 0 Å². The zero-order chi connectivity index (χ0) is 16.8. The van der Waals surface area contributed by atoms with Crippen LogP contribution in [-0.4, -0.2) is 17.2 Å². The number of hydrogen-bond donors (Lipinski definition) is 2. The molecular weight excluding hydrogens is 321 g/mol. The van der Waals surface area contributed by atoms with Crippen LogP contribution in [0.5, 0.6) is 5.75 Å². The monoisotopic (exact) mass is 327 g/mol. The van der Waals surface area contributed by atoms with Gasteiger partial charge in [0.2, 0.25) is 0 Å². The zero-order valence-corrected chi connectivity index (χ0v) is 9.66. The van der Waals surface area contributed by atoms with Crippen LogP contribution in [0.25, 0.3) is 0 Å². The number of nitrogen functional groups attached to an aromatic ring is 1. The van der Waals surface area contributed by atoms with Gasteiger partial charge in [0.05, 0.1) is 11.3 Å². The normalized spacial score (nSPS) is 15.1. The number of halogens is 9. The van der Waals surface area contributed by atoms with E-state index in [1.807, 2.05) is 0 Å². The van der Waals surface area contributed by atoms with Crippen LogP contribution in [0.3, 0.4) is 0 Å². The summed E-state index contributed by atoms with van der Waals surface area (Å²) >= 11 is 0. The van der Waals surface area contributed by atoms with E-state index >= 15 is 0 Å². The smallest absolute Gasteiger partial charge is 0.456 e. The van der Waals surface area contributed by atoms with Crippen molar-refractivity contribution in [1.82, 2.24) is 0 Å². The molecule has 0 heterocycles. The highest BCUT2D eigenvalue weighted by Gasteiger charge is 2.64. The highest BCUT2D eigenvalue weighted by molar-refractivity contribution is 5.57. The second-order valence-corrected chi connectivity index (χ2v) is 3.98. The molecule has 0 saturated carbocycles. The Labute approximate surface area is 111 Å². The number of anilines is 1. The molecule has 21 heavy (non-hydrogen) atoms. The molecule has 120 valence electrons. The SMILES string of the molecule is Nc1cc(C(F)C(F)(F)C(F)(F)F)c(C(F)(F)F)cc1O. The molecule has 1 unspecified atom stereocenters. The van der Waals surface area contributed by atoms with Gasteiger partial charge < -0.3 is 10.8 Å². The Bertz CT molecular complexity index is 535. The molecule has 0 aliphatic heterocycles. The average Bonchev–Trinajstić information content (AvgIpc) is 2.28. The summed E-state index contributed by atoms with van der Waals surface area (Å²) in [5.41, 5.74) is -0.250. The second kappa shape index (κ2) is 4.88. The van der Waals surface area contributed by atoms with Crippen molar-refractivity contribution in [2.45, 2.75) is 24.4 Å². The molecule has 0 saturated heterocycles. The summed E-state index contributed by atoms with van der Waals surface area (Å²) in [4.78, 5) is 0. The standard InChI is InChI=1S/C10H6F9NO/c11-7(8(12,13)10(17,18)19)3-1-5(20)6(21)2-4(3)9(14,15)16/h1-2,7,21H,20H2. The van der Waals surface area contributed by atoms with Crippen molar-refractivity contribution in [3.05, 3.63) is 23.3 Å². The van der Waals surface area contributed by atoms with Crippen molar-refractivity contribution < 1.29 is 44.6 Å².